The lowest BCUT2D eigenvalue weighted by atomic mass is 10.1. The second-order valence-electron chi connectivity index (χ2n) is 5.57. The van der Waals surface area contributed by atoms with Gasteiger partial charge in [-0.1, -0.05) is 24.3 Å². The van der Waals surface area contributed by atoms with Crippen molar-refractivity contribution in [3.05, 3.63) is 59.7 Å². The molecule has 0 aliphatic heterocycles. The first-order valence-electron chi connectivity index (χ1n) is 7.66. The van der Waals surface area contributed by atoms with E-state index in [0.29, 0.717) is 16.8 Å². The number of hydrazone groups is 1. The van der Waals surface area contributed by atoms with Crippen LogP contribution in [0.2, 0.25) is 0 Å². The molecule has 0 radical (unpaired) electrons. The van der Waals surface area contributed by atoms with E-state index in [1.807, 2.05) is 0 Å². The summed E-state index contributed by atoms with van der Waals surface area (Å²) in [5.41, 5.74) is 3.69. The zero-order chi connectivity index (χ0) is 16.9. The number of hydrogen-bond acceptors (Lipinski definition) is 4. The minimum absolute atomic E-state index is 0.0557. The number of anilines is 1. The first-order chi connectivity index (χ1) is 11.6. The molecule has 2 aromatic rings. The molecule has 0 bridgehead atoms. The fourth-order valence-electron chi connectivity index (χ4n) is 2.19. The Morgan fingerprint density at radius 2 is 1.79 bits per heavy atom. The Morgan fingerprint density at radius 3 is 2.54 bits per heavy atom. The molecule has 0 aromatic heterocycles. The van der Waals surface area contributed by atoms with Crippen molar-refractivity contribution < 1.29 is 14.7 Å². The number of aromatic hydroxyl groups is 1. The minimum Gasteiger partial charge on any atom is -0.507 e. The maximum atomic E-state index is 12.3. The summed E-state index contributed by atoms with van der Waals surface area (Å²) >= 11 is 0. The van der Waals surface area contributed by atoms with Crippen LogP contribution in [0.3, 0.4) is 0 Å². The van der Waals surface area contributed by atoms with Crippen LogP contribution < -0.4 is 10.7 Å². The molecule has 3 N–H and O–H groups in total. The molecule has 0 spiro atoms. The SMILES string of the molecule is O=C(N/N=C/c1ccccc1O)c1ccccc1NC(=O)C1CC1. The van der Waals surface area contributed by atoms with Crippen molar-refractivity contribution in [2.75, 3.05) is 5.32 Å². The summed E-state index contributed by atoms with van der Waals surface area (Å²) < 4.78 is 0. The molecule has 1 fully saturated rings. The highest BCUT2D eigenvalue weighted by Gasteiger charge is 2.30. The van der Waals surface area contributed by atoms with Crippen LogP contribution in [-0.2, 0) is 4.79 Å². The summed E-state index contributed by atoms with van der Waals surface area (Å²) in [7, 11) is 0. The summed E-state index contributed by atoms with van der Waals surface area (Å²) in [4.78, 5) is 24.2. The van der Waals surface area contributed by atoms with Crippen molar-refractivity contribution >= 4 is 23.7 Å². The fraction of sp³-hybridized carbons (Fsp3) is 0.167. The van der Waals surface area contributed by atoms with E-state index in [0.717, 1.165) is 12.8 Å². The van der Waals surface area contributed by atoms with Gasteiger partial charge in [0.15, 0.2) is 0 Å². The molecule has 6 nitrogen and oxygen atoms in total. The monoisotopic (exact) mass is 323 g/mol. The van der Waals surface area contributed by atoms with Crippen LogP contribution in [0, 0.1) is 5.92 Å². The molecule has 2 amide bonds. The molecule has 1 saturated carbocycles. The highest BCUT2D eigenvalue weighted by Crippen LogP contribution is 2.30. The van der Waals surface area contributed by atoms with E-state index in [4.69, 9.17) is 0 Å². The topological polar surface area (TPSA) is 90.8 Å². The molecule has 1 aliphatic rings. The Bertz CT molecular complexity index is 798. The first kappa shape index (κ1) is 15.7. The Hall–Kier alpha value is -3.15. The van der Waals surface area contributed by atoms with Crippen LogP contribution in [0.15, 0.2) is 53.6 Å². The molecular weight excluding hydrogens is 306 g/mol. The largest absolute Gasteiger partial charge is 0.507 e. The molecular formula is C18H17N3O3. The highest BCUT2D eigenvalue weighted by atomic mass is 16.3. The van der Waals surface area contributed by atoms with E-state index in [-0.39, 0.29) is 17.6 Å². The van der Waals surface area contributed by atoms with Gasteiger partial charge in [-0.15, -0.1) is 0 Å². The van der Waals surface area contributed by atoms with Gasteiger partial charge in [-0.05, 0) is 37.1 Å². The van der Waals surface area contributed by atoms with Crippen molar-refractivity contribution in [1.29, 1.82) is 0 Å². The third kappa shape index (κ3) is 3.78. The number of nitrogens with zero attached hydrogens (tertiary/aromatic N) is 1. The number of nitrogens with one attached hydrogen (secondary N) is 2. The molecule has 6 heteroatoms. The van der Waals surface area contributed by atoms with Gasteiger partial charge in [0.05, 0.1) is 17.5 Å². The second kappa shape index (κ2) is 6.95. The summed E-state index contributed by atoms with van der Waals surface area (Å²) in [5, 5.41) is 16.3. The Labute approximate surface area is 139 Å². The quantitative estimate of drug-likeness (QED) is 0.583. The van der Waals surface area contributed by atoms with Gasteiger partial charge in [-0.3, -0.25) is 9.59 Å². The lowest BCUT2D eigenvalue weighted by Crippen LogP contribution is -2.21. The number of benzene rings is 2. The molecule has 2 aromatic carbocycles. The van der Waals surface area contributed by atoms with Crippen molar-refractivity contribution in [3.8, 4) is 5.75 Å². The summed E-state index contributed by atoms with van der Waals surface area (Å²) in [6.45, 7) is 0. The fourth-order valence-corrected chi connectivity index (χ4v) is 2.19. The molecule has 0 saturated heterocycles. The number of carbonyl (C=O) groups is 2. The Morgan fingerprint density at radius 1 is 1.08 bits per heavy atom. The number of rotatable bonds is 5. The third-order valence-electron chi connectivity index (χ3n) is 3.68. The van der Waals surface area contributed by atoms with E-state index < -0.39 is 5.91 Å². The van der Waals surface area contributed by atoms with Gasteiger partial charge in [-0.25, -0.2) is 5.43 Å². The van der Waals surface area contributed by atoms with Gasteiger partial charge in [0.1, 0.15) is 5.75 Å². The van der Waals surface area contributed by atoms with Crippen molar-refractivity contribution in [1.82, 2.24) is 5.43 Å². The van der Waals surface area contributed by atoms with Crippen molar-refractivity contribution in [2.24, 2.45) is 11.0 Å². The van der Waals surface area contributed by atoms with Crippen LogP contribution in [0.1, 0.15) is 28.8 Å². The zero-order valence-corrected chi connectivity index (χ0v) is 12.9. The number of amides is 2. The van der Waals surface area contributed by atoms with E-state index in [1.165, 1.54) is 12.3 Å². The third-order valence-corrected chi connectivity index (χ3v) is 3.68. The molecule has 1 aliphatic carbocycles. The second-order valence-corrected chi connectivity index (χ2v) is 5.57. The summed E-state index contributed by atoms with van der Waals surface area (Å²) in [6, 6.07) is 13.4. The number of para-hydroxylation sites is 2. The van der Waals surface area contributed by atoms with Crippen LogP contribution >= 0.6 is 0 Å². The number of phenols is 1. The average Bonchev–Trinajstić information content (AvgIpc) is 3.42. The van der Waals surface area contributed by atoms with Crippen LogP contribution in [-0.4, -0.2) is 23.1 Å². The predicted octanol–water partition coefficient (Wildman–Crippen LogP) is 2.50. The Balaban J connectivity index is 1.68. The highest BCUT2D eigenvalue weighted by molar-refractivity contribution is 6.04. The van der Waals surface area contributed by atoms with E-state index in [9.17, 15) is 14.7 Å². The van der Waals surface area contributed by atoms with Gasteiger partial charge in [0, 0.05) is 11.5 Å². The minimum atomic E-state index is -0.437. The maximum absolute atomic E-state index is 12.3. The van der Waals surface area contributed by atoms with Crippen molar-refractivity contribution in [2.45, 2.75) is 12.8 Å². The molecule has 122 valence electrons. The van der Waals surface area contributed by atoms with Crippen LogP contribution in [0.4, 0.5) is 5.69 Å². The van der Waals surface area contributed by atoms with E-state index >= 15 is 0 Å². The lowest BCUT2D eigenvalue weighted by molar-refractivity contribution is -0.117. The standard InChI is InChI=1S/C18H17N3O3/c22-16-8-4-1-5-13(16)11-19-21-18(24)14-6-2-3-7-15(14)20-17(23)12-9-10-12/h1-8,11-12,22H,9-10H2,(H,20,23)(H,21,24)/b19-11+. The first-order valence-corrected chi connectivity index (χ1v) is 7.66. The lowest BCUT2D eigenvalue weighted by Gasteiger charge is -2.09. The average molecular weight is 323 g/mol. The van der Waals surface area contributed by atoms with Crippen molar-refractivity contribution in [3.63, 3.8) is 0 Å². The van der Waals surface area contributed by atoms with Gasteiger partial charge in [0.25, 0.3) is 5.91 Å². The van der Waals surface area contributed by atoms with Gasteiger partial charge < -0.3 is 10.4 Å². The number of phenolic OH excluding ortho intramolecular Hbond substituents is 1. The number of hydrogen-bond donors (Lipinski definition) is 3. The van der Waals surface area contributed by atoms with Gasteiger partial charge >= 0.3 is 0 Å². The molecule has 24 heavy (non-hydrogen) atoms. The summed E-state index contributed by atoms with van der Waals surface area (Å²) in [5.74, 6) is -0.367. The summed E-state index contributed by atoms with van der Waals surface area (Å²) in [6.07, 6.45) is 3.15. The molecule has 0 unspecified atom stereocenters. The smallest absolute Gasteiger partial charge is 0.273 e. The van der Waals surface area contributed by atoms with E-state index in [1.54, 1.807) is 42.5 Å². The Kier molecular flexibility index (Phi) is 4.56. The normalized spacial score (nSPS) is 13.7. The molecule has 0 atom stereocenters. The molecule has 0 heterocycles. The van der Waals surface area contributed by atoms with E-state index in [2.05, 4.69) is 15.8 Å². The van der Waals surface area contributed by atoms with Gasteiger partial charge in [0.2, 0.25) is 5.91 Å². The van der Waals surface area contributed by atoms with Crippen LogP contribution in [0.25, 0.3) is 0 Å². The predicted molar refractivity (Wildman–Crippen MR) is 91.0 cm³/mol. The number of carbonyl (C=O) groups excluding carboxylic acids is 2. The maximum Gasteiger partial charge on any atom is 0.273 e. The molecule has 3 rings (SSSR count). The zero-order valence-electron chi connectivity index (χ0n) is 12.9. The van der Waals surface area contributed by atoms with Gasteiger partial charge in [-0.2, -0.15) is 5.10 Å². The van der Waals surface area contributed by atoms with Crippen LogP contribution in [0.5, 0.6) is 5.75 Å².